The molecule has 0 saturated carbocycles. The lowest BCUT2D eigenvalue weighted by atomic mass is 10.3. The molecule has 0 aliphatic carbocycles. The van der Waals surface area contributed by atoms with Crippen molar-refractivity contribution in [1.82, 2.24) is 4.90 Å². The van der Waals surface area contributed by atoms with E-state index in [1.165, 1.54) is 4.90 Å². The first-order chi connectivity index (χ1) is 10.0. The third-order valence-electron chi connectivity index (χ3n) is 2.85. The van der Waals surface area contributed by atoms with Crippen molar-refractivity contribution in [2.45, 2.75) is 19.4 Å². The van der Waals surface area contributed by atoms with Gasteiger partial charge in [-0.15, -0.1) is 6.58 Å². The van der Waals surface area contributed by atoms with Crippen molar-refractivity contribution in [1.29, 1.82) is 0 Å². The Morgan fingerprint density at radius 1 is 1.38 bits per heavy atom. The molecule has 2 amide bonds. The van der Waals surface area contributed by atoms with Crippen LogP contribution in [0.5, 0.6) is 0 Å². The van der Waals surface area contributed by atoms with Gasteiger partial charge in [0.25, 0.3) is 5.91 Å². The number of hydrogen-bond donors (Lipinski definition) is 1. The zero-order valence-electron chi connectivity index (χ0n) is 12.5. The standard InChI is InChI=1S/C16H22N2O3/c1-4-5-11-21-13(2)16(20)18(3)12-15(19)17-14-9-7-6-8-10-14/h4,6-10,13H,1,5,11-12H2,2-3H3,(H,17,19). The predicted molar refractivity (Wildman–Crippen MR) is 82.9 cm³/mol. The molecule has 0 aliphatic heterocycles. The van der Waals surface area contributed by atoms with Crippen LogP contribution >= 0.6 is 0 Å². The number of likely N-dealkylation sites (N-methyl/N-ethyl adjacent to an activating group) is 1. The number of nitrogens with zero attached hydrogens (tertiary/aromatic N) is 1. The zero-order valence-corrected chi connectivity index (χ0v) is 12.5. The average molecular weight is 290 g/mol. The lowest BCUT2D eigenvalue weighted by Gasteiger charge is -2.21. The fourth-order valence-corrected chi connectivity index (χ4v) is 1.73. The van der Waals surface area contributed by atoms with Gasteiger partial charge in [0.15, 0.2) is 0 Å². The minimum Gasteiger partial charge on any atom is -0.368 e. The summed E-state index contributed by atoms with van der Waals surface area (Å²) in [5, 5.41) is 2.73. The van der Waals surface area contributed by atoms with Gasteiger partial charge >= 0.3 is 0 Å². The van der Waals surface area contributed by atoms with Crippen molar-refractivity contribution in [2.24, 2.45) is 0 Å². The second-order valence-electron chi connectivity index (χ2n) is 4.70. The molecule has 0 fully saturated rings. The summed E-state index contributed by atoms with van der Waals surface area (Å²) in [6.45, 7) is 5.70. The van der Waals surface area contributed by atoms with Gasteiger partial charge in [0.2, 0.25) is 5.91 Å². The third kappa shape index (κ3) is 6.23. The molecule has 0 bridgehead atoms. The molecule has 1 unspecified atom stereocenters. The lowest BCUT2D eigenvalue weighted by molar-refractivity contribution is -0.143. The Morgan fingerprint density at radius 2 is 2.05 bits per heavy atom. The summed E-state index contributed by atoms with van der Waals surface area (Å²) in [4.78, 5) is 25.2. The highest BCUT2D eigenvalue weighted by atomic mass is 16.5. The summed E-state index contributed by atoms with van der Waals surface area (Å²) in [6.07, 6.45) is 1.85. The van der Waals surface area contributed by atoms with E-state index in [4.69, 9.17) is 4.74 Å². The van der Waals surface area contributed by atoms with Crippen LogP contribution in [0, 0.1) is 0 Å². The fraction of sp³-hybridized carbons (Fsp3) is 0.375. The Kier molecular flexibility index (Phi) is 7.18. The highest BCUT2D eigenvalue weighted by Gasteiger charge is 2.19. The molecule has 0 heterocycles. The van der Waals surface area contributed by atoms with Crippen LogP contribution in [-0.4, -0.2) is 43.0 Å². The largest absolute Gasteiger partial charge is 0.368 e. The summed E-state index contributed by atoms with van der Waals surface area (Å²) in [5.74, 6) is -0.461. The summed E-state index contributed by atoms with van der Waals surface area (Å²) in [6, 6.07) is 9.12. The van der Waals surface area contributed by atoms with Crippen molar-refractivity contribution in [3.63, 3.8) is 0 Å². The molecule has 1 aromatic rings. The summed E-state index contributed by atoms with van der Waals surface area (Å²) < 4.78 is 5.37. The quantitative estimate of drug-likeness (QED) is 0.589. The van der Waals surface area contributed by atoms with E-state index in [2.05, 4.69) is 11.9 Å². The summed E-state index contributed by atoms with van der Waals surface area (Å²) in [7, 11) is 1.58. The van der Waals surface area contributed by atoms with Crippen LogP contribution in [0.1, 0.15) is 13.3 Å². The number of carbonyl (C=O) groups is 2. The predicted octanol–water partition coefficient (Wildman–Crippen LogP) is 2.06. The highest BCUT2D eigenvalue weighted by Crippen LogP contribution is 2.05. The Labute approximate surface area is 125 Å². The van der Waals surface area contributed by atoms with Gasteiger partial charge in [-0.2, -0.15) is 0 Å². The van der Waals surface area contributed by atoms with E-state index in [1.807, 2.05) is 18.2 Å². The molecule has 0 spiro atoms. The Bertz CT molecular complexity index is 474. The van der Waals surface area contributed by atoms with Crippen LogP contribution in [-0.2, 0) is 14.3 Å². The maximum atomic E-state index is 12.0. The van der Waals surface area contributed by atoms with Gasteiger partial charge in [0.1, 0.15) is 6.10 Å². The number of benzene rings is 1. The minimum atomic E-state index is -0.570. The zero-order chi connectivity index (χ0) is 15.7. The van der Waals surface area contributed by atoms with Crippen LogP contribution in [0.2, 0.25) is 0 Å². The first kappa shape index (κ1) is 16.9. The second-order valence-corrected chi connectivity index (χ2v) is 4.70. The van der Waals surface area contributed by atoms with E-state index < -0.39 is 6.10 Å². The topological polar surface area (TPSA) is 58.6 Å². The molecule has 1 aromatic carbocycles. The number of para-hydroxylation sites is 1. The molecule has 1 rings (SSSR count). The molecule has 0 aromatic heterocycles. The molecular formula is C16H22N2O3. The van der Waals surface area contributed by atoms with E-state index in [9.17, 15) is 9.59 Å². The molecule has 5 nitrogen and oxygen atoms in total. The molecule has 21 heavy (non-hydrogen) atoms. The Balaban J connectivity index is 2.40. The number of carbonyl (C=O) groups excluding carboxylic acids is 2. The normalized spacial score (nSPS) is 11.5. The number of amides is 2. The maximum Gasteiger partial charge on any atom is 0.251 e. The van der Waals surface area contributed by atoms with Crippen LogP contribution in [0.3, 0.4) is 0 Å². The monoisotopic (exact) mass is 290 g/mol. The van der Waals surface area contributed by atoms with Crippen molar-refractivity contribution in [2.75, 3.05) is 25.5 Å². The molecule has 1 atom stereocenters. The SMILES string of the molecule is C=CCCOC(C)C(=O)N(C)CC(=O)Nc1ccccc1. The summed E-state index contributed by atoms with van der Waals surface area (Å²) >= 11 is 0. The van der Waals surface area contributed by atoms with Crippen LogP contribution in [0.15, 0.2) is 43.0 Å². The molecule has 114 valence electrons. The number of rotatable bonds is 8. The van der Waals surface area contributed by atoms with Gasteiger partial charge in [-0.05, 0) is 25.5 Å². The number of anilines is 1. The average Bonchev–Trinajstić information content (AvgIpc) is 2.47. The smallest absolute Gasteiger partial charge is 0.251 e. The number of nitrogens with one attached hydrogen (secondary N) is 1. The minimum absolute atomic E-state index is 0.0110. The molecule has 0 aliphatic rings. The van der Waals surface area contributed by atoms with Gasteiger partial charge in [-0.3, -0.25) is 9.59 Å². The Morgan fingerprint density at radius 3 is 2.67 bits per heavy atom. The van der Waals surface area contributed by atoms with Gasteiger partial charge in [-0.1, -0.05) is 24.3 Å². The van der Waals surface area contributed by atoms with Crippen LogP contribution in [0.4, 0.5) is 5.69 Å². The van der Waals surface area contributed by atoms with Crippen molar-refractivity contribution < 1.29 is 14.3 Å². The maximum absolute atomic E-state index is 12.0. The lowest BCUT2D eigenvalue weighted by Crippen LogP contribution is -2.40. The molecule has 0 radical (unpaired) electrons. The molecule has 5 heteroatoms. The highest BCUT2D eigenvalue weighted by molar-refractivity contribution is 5.94. The molecule has 0 saturated heterocycles. The van der Waals surface area contributed by atoms with E-state index >= 15 is 0 Å². The Hall–Kier alpha value is -2.14. The van der Waals surface area contributed by atoms with Gasteiger partial charge in [-0.25, -0.2) is 0 Å². The van der Waals surface area contributed by atoms with E-state index in [0.717, 1.165) is 0 Å². The van der Waals surface area contributed by atoms with Gasteiger partial charge < -0.3 is 15.0 Å². The van der Waals surface area contributed by atoms with E-state index in [1.54, 1.807) is 32.2 Å². The fourth-order valence-electron chi connectivity index (χ4n) is 1.73. The molecular weight excluding hydrogens is 268 g/mol. The number of hydrogen-bond acceptors (Lipinski definition) is 3. The van der Waals surface area contributed by atoms with E-state index in [0.29, 0.717) is 18.7 Å². The first-order valence-electron chi connectivity index (χ1n) is 6.87. The van der Waals surface area contributed by atoms with Crippen LogP contribution < -0.4 is 5.32 Å². The van der Waals surface area contributed by atoms with Crippen molar-refractivity contribution in [3.05, 3.63) is 43.0 Å². The molecule has 1 N–H and O–H groups in total. The third-order valence-corrected chi connectivity index (χ3v) is 2.85. The summed E-state index contributed by atoms with van der Waals surface area (Å²) in [5.41, 5.74) is 0.707. The van der Waals surface area contributed by atoms with Crippen molar-refractivity contribution >= 4 is 17.5 Å². The van der Waals surface area contributed by atoms with Gasteiger partial charge in [0.05, 0.1) is 13.2 Å². The second kappa shape index (κ2) is 8.92. The number of ether oxygens (including phenoxy) is 1. The van der Waals surface area contributed by atoms with Gasteiger partial charge in [0, 0.05) is 12.7 Å². The van der Waals surface area contributed by atoms with E-state index in [-0.39, 0.29) is 18.4 Å². The van der Waals surface area contributed by atoms with Crippen LogP contribution in [0.25, 0.3) is 0 Å². The first-order valence-corrected chi connectivity index (χ1v) is 6.87. The van der Waals surface area contributed by atoms with Crippen molar-refractivity contribution in [3.8, 4) is 0 Å².